The first-order chi connectivity index (χ1) is 7.61. The van der Waals surface area contributed by atoms with Crippen molar-refractivity contribution in [1.82, 2.24) is 5.06 Å². The van der Waals surface area contributed by atoms with E-state index in [-0.39, 0.29) is 24.5 Å². The van der Waals surface area contributed by atoms with Crippen LogP contribution in [-0.2, 0) is 9.36 Å². The molecular weight excluding hydrogens is 229 g/mol. The molecule has 0 saturated heterocycles. The highest BCUT2D eigenvalue weighted by Gasteiger charge is 2.25. The zero-order valence-corrected chi connectivity index (χ0v) is 10.2. The van der Waals surface area contributed by atoms with Gasteiger partial charge in [-0.2, -0.15) is 4.89 Å². The third-order valence-electron chi connectivity index (χ3n) is 2.93. The Kier molecular flexibility index (Phi) is 5.88. The predicted octanol–water partition coefficient (Wildman–Crippen LogP) is 1.91. The molecule has 1 aliphatic carbocycles. The molecule has 1 atom stereocenters. The highest BCUT2D eigenvalue weighted by molar-refractivity contribution is 7.37. The zero-order valence-electron chi connectivity index (χ0n) is 9.34. The van der Waals surface area contributed by atoms with E-state index < -0.39 is 8.03 Å². The van der Waals surface area contributed by atoms with Crippen LogP contribution in [0.3, 0.4) is 0 Å². The van der Waals surface area contributed by atoms with Crippen LogP contribution in [0, 0.1) is 5.92 Å². The normalized spacial score (nSPS) is 18.2. The van der Waals surface area contributed by atoms with Gasteiger partial charge in [0, 0.05) is 12.3 Å². The summed E-state index contributed by atoms with van der Waals surface area (Å²) in [6.07, 6.45) is 5.46. The maximum Gasteiger partial charge on any atom is 0.505 e. The lowest BCUT2D eigenvalue weighted by Gasteiger charge is -2.24. The Labute approximate surface area is 96.3 Å². The maximum absolute atomic E-state index is 11.7. The van der Waals surface area contributed by atoms with Crippen molar-refractivity contribution in [2.45, 2.75) is 38.5 Å². The zero-order chi connectivity index (χ0) is 12.0. The number of hydrogen-bond donors (Lipinski definition) is 2. The van der Waals surface area contributed by atoms with Gasteiger partial charge in [0.05, 0.1) is 6.54 Å². The minimum atomic E-state index is -2.16. The molecule has 0 radical (unpaired) electrons. The van der Waals surface area contributed by atoms with Gasteiger partial charge in [0.1, 0.15) is 0 Å². The molecule has 1 amide bonds. The van der Waals surface area contributed by atoms with E-state index >= 15 is 0 Å². The topological polar surface area (TPSA) is 77.8 Å². The fourth-order valence-corrected chi connectivity index (χ4v) is 2.44. The van der Waals surface area contributed by atoms with Gasteiger partial charge < -0.3 is 0 Å². The summed E-state index contributed by atoms with van der Waals surface area (Å²) in [5.41, 5.74) is 0. The highest BCUT2D eigenvalue weighted by Crippen LogP contribution is 2.25. The van der Waals surface area contributed by atoms with Crippen molar-refractivity contribution in [3.8, 4) is 0 Å². The van der Waals surface area contributed by atoms with Crippen LogP contribution in [0.25, 0.3) is 0 Å². The second-order valence-electron chi connectivity index (χ2n) is 4.23. The smallest absolute Gasteiger partial charge is 0.286 e. The van der Waals surface area contributed by atoms with Gasteiger partial charge in [-0.1, -0.05) is 19.3 Å². The monoisotopic (exact) mass is 248 g/mol. The summed E-state index contributed by atoms with van der Waals surface area (Å²) in [6, 6.07) is 0. The van der Waals surface area contributed by atoms with Crippen LogP contribution in [0.5, 0.6) is 0 Å². The van der Waals surface area contributed by atoms with Gasteiger partial charge in [-0.3, -0.25) is 10.0 Å². The standard InChI is InChI=1S/C10H18NO4P/c12-10(9-5-2-1-3-6-9)11(13)7-4-8-16(14)15/h9,13H,1-8H2/p+1. The van der Waals surface area contributed by atoms with E-state index in [0.717, 1.165) is 30.7 Å². The first-order valence-corrected chi connectivity index (χ1v) is 7.15. The van der Waals surface area contributed by atoms with Gasteiger partial charge in [0.15, 0.2) is 6.16 Å². The van der Waals surface area contributed by atoms with Crippen molar-refractivity contribution in [1.29, 1.82) is 0 Å². The van der Waals surface area contributed by atoms with Gasteiger partial charge in [0.25, 0.3) is 0 Å². The van der Waals surface area contributed by atoms with Crippen molar-refractivity contribution in [2.24, 2.45) is 5.92 Å². The lowest BCUT2D eigenvalue weighted by Crippen LogP contribution is -2.35. The molecule has 0 spiro atoms. The van der Waals surface area contributed by atoms with E-state index in [1.54, 1.807) is 0 Å². The maximum atomic E-state index is 11.7. The first-order valence-electron chi connectivity index (χ1n) is 5.75. The fourth-order valence-electron chi connectivity index (χ4n) is 2.03. The second-order valence-corrected chi connectivity index (χ2v) is 5.38. The number of hydrogen-bond acceptors (Lipinski definition) is 3. The number of carbonyl (C=O) groups is 1. The fraction of sp³-hybridized carbons (Fsp3) is 0.900. The summed E-state index contributed by atoms with van der Waals surface area (Å²) in [5.74, 6) is -0.283. The summed E-state index contributed by atoms with van der Waals surface area (Å²) >= 11 is 0. The summed E-state index contributed by atoms with van der Waals surface area (Å²) in [5, 5.41) is 10.2. The Morgan fingerprint density at radius 3 is 2.50 bits per heavy atom. The van der Waals surface area contributed by atoms with Gasteiger partial charge in [-0.25, -0.2) is 5.06 Å². The lowest BCUT2D eigenvalue weighted by molar-refractivity contribution is -0.171. The van der Waals surface area contributed by atoms with Crippen molar-refractivity contribution >= 4 is 13.9 Å². The van der Waals surface area contributed by atoms with Crippen LogP contribution >= 0.6 is 8.03 Å². The minimum Gasteiger partial charge on any atom is -0.286 e. The molecule has 0 heterocycles. The third kappa shape index (κ3) is 4.56. The Bertz CT molecular complexity index is 253. The van der Waals surface area contributed by atoms with Gasteiger partial charge in [0.2, 0.25) is 5.91 Å². The van der Waals surface area contributed by atoms with E-state index in [1.165, 1.54) is 6.42 Å². The number of carbonyl (C=O) groups excluding carboxylic acids is 1. The predicted molar refractivity (Wildman–Crippen MR) is 59.4 cm³/mol. The molecular formula is C10H19NO4P+. The third-order valence-corrected chi connectivity index (χ3v) is 3.63. The van der Waals surface area contributed by atoms with Crippen LogP contribution < -0.4 is 0 Å². The molecule has 6 heteroatoms. The minimum absolute atomic E-state index is 0.0540. The van der Waals surface area contributed by atoms with E-state index in [9.17, 15) is 14.6 Å². The molecule has 1 unspecified atom stereocenters. The quantitative estimate of drug-likeness (QED) is 0.442. The summed E-state index contributed by atoms with van der Waals surface area (Å²) in [4.78, 5) is 20.3. The lowest BCUT2D eigenvalue weighted by atomic mass is 9.88. The number of amides is 1. The molecule has 1 rings (SSSR count). The molecule has 0 aliphatic heterocycles. The van der Waals surface area contributed by atoms with E-state index in [0.29, 0.717) is 6.42 Å². The molecule has 0 aromatic heterocycles. The summed E-state index contributed by atoms with van der Waals surface area (Å²) in [6.45, 7) is 0.150. The molecule has 0 aromatic carbocycles. The number of nitrogens with zero attached hydrogens (tertiary/aromatic N) is 1. The molecule has 92 valence electrons. The van der Waals surface area contributed by atoms with E-state index in [4.69, 9.17) is 4.89 Å². The van der Waals surface area contributed by atoms with Crippen molar-refractivity contribution in [3.63, 3.8) is 0 Å². The highest BCUT2D eigenvalue weighted by atomic mass is 31.1. The second kappa shape index (κ2) is 6.94. The average molecular weight is 248 g/mol. The van der Waals surface area contributed by atoms with Crippen molar-refractivity contribution in [2.75, 3.05) is 12.7 Å². The molecule has 1 aliphatic rings. The molecule has 16 heavy (non-hydrogen) atoms. The van der Waals surface area contributed by atoms with E-state index in [2.05, 4.69) is 0 Å². The Morgan fingerprint density at radius 1 is 1.31 bits per heavy atom. The van der Waals surface area contributed by atoms with Crippen LogP contribution in [0.15, 0.2) is 0 Å². The molecule has 1 fully saturated rings. The van der Waals surface area contributed by atoms with Crippen LogP contribution in [0.1, 0.15) is 38.5 Å². The van der Waals surface area contributed by atoms with Gasteiger partial charge in [-0.05, 0) is 17.4 Å². The Morgan fingerprint density at radius 2 is 1.94 bits per heavy atom. The van der Waals surface area contributed by atoms with Crippen molar-refractivity contribution in [3.05, 3.63) is 0 Å². The molecule has 2 N–H and O–H groups in total. The SMILES string of the molecule is O=C(C1CCCCC1)N(O)CCC[P+](=O)O. The van der Waals surface area contributed by atoms with Gasteiger partial charge >= 0.3 is 8.03 Å². The number of hydroxylamine groups is 2. The molecule has 1 saturated carbocycles. The molecule has 0 aromatic rings. The van der Waals surface area contributed by atoms with Crippen molar-refractivity contribution < 1.29 is 19.5 Å². The molecule has 0 bridgehead atoms. The first kappa shape index (κ1) is 13.6. The van der Waals surface area contributed by atoms with E-state index in [1.807, 2.05) is 0 Å². The molecule has 5 nitrogen and oxygen atoms in total. The Hall–Kier alpha value is -0.510. The summed E-state index contributed by atoms with van der Waals surface area (Å²) < 4.78 is 10.4. The van der Waals surface area contributed by atoms with Crippen LogP contribution in [0.4, 0.5) is 0 Å². The van der Waals surface area contributed by atoms with Gasteiger partial charge in [-0.15, -0.1) is 0 Å². The van der Waals surface area contributed by atoms with Crippen LogP contribution in [0.2, 0.25) is 0 Å². The number of rotatable bonds is 5. The Balaban J connectivity index is 2.26. The van der Waals surface area contributed by atoms with Crippen LogP contribution in [-0.4, -0.2) is 33.8 Å². The summed E-state index contributed by atoms with van der Waals surface area (Å²) in [7, 11) is -2.16. The largest absolute Gasteiger partial charge is 0.505 e. The average Bonchev–Trinajstić information content (AvgIpc) is 2.28.